The Morgan fingerprint density at radius 3 is 2.95 bits per heavy atom. The zero-order chi connectivity index (χ0) is 13.5. The molecule has 1 unspecified atom stereocenters. The quantitative estimate of drug-likeness (QED) is 0.794. The Bertz CT molecular complexity index is 374. The van der Waals surface area contributed by atoms with Crippen LogP contribution >= 0.6 is 0 Å². The van der Waals surface area contributed by atoms with Crippen molar-refractivity contribution in [1.29, 1.82) is 0 Å². The summed E-state index contributed by atoms with van der Waals surface area (Å²) >= 11 is 0. The van der Waals surface area contributed by atoms with Crippen molar-refractivity contribution < 1.29 is 9.53 Å². The summed E-state index contributed by atoms with van der Waals surface area (Å²) in [4.78, 5) is 14.1. The SMILES string of the molecule is CC(CN1CCOCC1)NC(=O)CCn1cccn1. The van der Waals surface area contributed by atoms with Crippen LogP contribution in [0.5, 0.6) is 0 Å². The molecule has 1 aliphatic heterocycles. The Morgan fingerprint density at radius 1 is 1.47 bits per heavy atom. The molecule has 1 amide bonds. The van der Waals surface area contributed by atoms with Crippen LogP contribution in [0.4, 0.5) is 0 Å². The summed E-state index contributed by atoms with van der Waals surface area (Å²) in [6.07, 6.45) is 4.05. The molecular formula is C13H22N4O2. The van der Waals surface area contributed by atoms with Crippen LogP contribution in [0.1, 0.15) is 13.3 Å². The highest BCUT2D eigenvalue weighted by molar-refractivity contribution is 5.76. The smallest absolute Gasteiger partial charge is 0.222 e. The highest BCUT2D eigenvalue weighted by atomic mass is 16.5. The molecule has 1 N–H and O–H groups in total. The first kappa shape index (κ1) is 14.0. The van der Waals surface area contributed by atoms with Crippen molar-refractivity contribution >= 4 is 5.91 Å². The lowest BCUT2D eigenvalue weighted by Crippen LogP contribution is -2.46. The summed E-state index contributed by atoms with van der Waals surface area (Å²) in [5.41, 5.74) is 0. The minimum atomic E-state index is 0.0799. The van der Waals surface area contributed by atoms with Crippen molar-refractivity contribution in [2.45, 2.75) is 25.9 Å². The minimum Gasteiger partial charge on any atom is -0.379 e. The monoisotopic (exact) mass is 266 g/mol. The molecule has 1 aromatic rings. The zero-order valence-corrected chi connectivity index (χ0v) is 11.4. The molecule has 1 fully saturated rings. The third-order valence-corrected chi connectivity index (χ3v) is 3.17. The van der Waals surface area contributed by atoms with Gasteiger partial charge >= 0.3 is 0 Å². The van der Waals surface area contributed by atoms with Gasteiger partial charge in [-0.2, -0.15) is 5.10 Å². The Balaban J connectivity index is 1.63. The molecule has 0 aromatic carbocycles. The normalized spacial score (nSPS) is 18.2. The number of aromatic nitrogens is 2. The zero-order valence-electron chi connectivity index (χ0n) is 11.4. The molecule has 6 heteroatoms. The first-order valence-corrected chi connectivity index (χ1v) is 6.81. The number of carbonyl (C=O) groups is 1. The van der Waals surface area contributed by atoms with Crippen LogP contribution in [0.3, 0.4) is 0 Å². The van der Waals surface area contributed by atoms with Gasteiger partial charge in [-0.05, 0) is 13.0 Å². The van der Waals surface area contributed by atoms with Crippen molar-refractivity contribution in [1.82, 2.24) is 20.0 Å². The van der Waals surface area contributed by atoms with E-state index in [2.05, 4.69) is 15.3 Å². The standard InChI is InChI=1S/C13H22N4O2/c1-12(11-16-7-9-19-10-8-16)15-13(18)3-6-17-5-2-4-14-17/h2,4-5,12H,3,6-11H2,1H3,(H,15,18). The van der Waals surface area contributed by atoms with Crippen LogP contribution in [0.2, 0.25) is 0 Å². The molecule has 0 saturated carbocycles. The number of aryl methyl sites for hydroxylation is 1. The minimum absolute atomic E-state index is 0.0799. The van der Waals surface area contributed by atoms with E-state index in [1.165, 1.54) is 0 Å². The number of hydrogen-bond donors (Lipinski definition) is 1. The number of carbonyl (C=O) groups excluding carboxylic acids is 1. The van der Waals surface area contributed by atoms with Gasteiger partial charge in [0.05, 0.1) is 13.2 Å². The fourth-order valence-electron chi connectivity index (χ4n) is 2.21. The van der Waals surface area contributed by atoms with Crippen molar-refractivity contribution in [3.8, 4) is 0 Å². The molecule has 2 rings (SSSR count). The third-order valence-electron chi connectivity index (χ3n) is 3.17. The van der Waals surface area contributed by atoms with Gasteiger partial charge in [0.15, 0.2) is 0 Å². The fraction of sp³-hybridized carbons (Fsp3) is 0.692. The van der Waals surface area contributed by atoms with Crippen molar-refractivity contribution in [3.63, 3.8) is 0 Å². The van der Waals surface area contributed by atoms with E-state index in [9.17, 15) is 4.79 Å². The van der Waals surface area contributed by atoms with Crippen molar-refractivity contribution in [3.05, 3.63) is 18.5 Å². The number of hydrogen-bond acceptors (Lipinski definition) is 4. The van der Waals surface area contributed by atoms with Crippen molar-refractivity contribution in [2.75, 3.05) is 32.8 Å². The maximum absolute atomic E-state index is 11.8. The van der Waals surface area contributed by atoms with Gasteiger partial charge in [0, 0.05) is 51.0 Å². The molecule has 106 valence electrons. The number of amides is 1. The third kappa shape index (κ3) is 5.00. The average Bonchev–Trinajstić information content (AvgIpc) is 2.90. The van der Waals surface area contributed by atoms with Crippen LogP contribution in [-0.2, 0) is 16.1 Å². The highest BCUT2D eigenvalue weighted by Gasteiger charge is 2.15. The first-order valence-electron chi connectivity index (χ1n) is 6.81. The van der Waals surface area contributed by atoms with Crippen molar-refractivity contribution in [2.24, 2.45) is 0 Å². The van der Waals surface area contributed by atoms with E-state index >= 15 is 0 Å². The summed E-state index contributed by atoms with van der Waals surface area (Å²) in [6.45, 7) is 7.04. The molecule has 0 aliphatic carbocycles. The molecule has 0 radical (unpaired) electrons. The number of rotatable bonds is 6. The lowest BCUT2D eigenvalue weighted by molar-refractivity contribution is -0.122. The van der Waals surface area contributed by atoms with Gasteiger partial charge in [-0.3, -0.25) is 14.4 Å². The maximum atomic E-state index is 11.8. The number of ether oxygens (including phenoxy) is 1. The second-order valence-corrected chi connectivity index (χ2v) is 4.90. The fourth-order valence-corrected chi connectivity index (χ4v) is 2.21. The molecule has 1 saturated heterocycles. The molecule has 1 aromatic heterocycles. The average molecular weight is 266 g/mol. The summed E-state index contributed by atoms with van der Waals surface area (Å²) in [5.74, 6) is 0.0799. The largest absolute Gasteiger partial charge is 0.379 e. The van der Waals surface area contributed by atoms with Crippen LogP contribution < -0.4 is 5.32 Å². The number of nitrogens with zero attached hydrogens (tertiary/aromatic N) is 3. The molecule has 0 bridgehead atoms. The summed E-state index contributed by atoms with van der Waals surface area (Å²) in [7, 11) is 0. The van der Waals surface area contributed by atoms with E-state index < -0.39 is 0 Å². The van der Waals surface area contributed by atoms with Gasteiger partial charge < -0.3 is 10.1 Å². The molecule has 1 aliphatic rings. The Morgan fingerprint density at radius 2 is 2.26 bits per heavy atom. The Hall–Kier alpha value is -1.40. The van der Waals surface area contributed by atoms with Gasteiger partial charge in [-0.15, -0.1) is 0 Å². The van der Waals surface area contributed by atoms with Gasteiger partial charge in [0.25, 0.3) is 0 Å². The maximum Gasteiger partial charge on any atom is 0.222 e. The molecule has 2 heterocycles. The molecule has 6 nitrogen and oxygen atoms in total. The van der Waals surface area contributed by atoms with Crippen LogP contribution in [0, 0.1) is 0 Å². The lowest BCUT2D eigenvalue weighted by atomic mass is 10.2. The van der Waals surface area contributed by atoms with Gasteiger partial charge in [-0.1, -0.05) is 0 Å². The van der Waals surface area contributed by atoms with Gasteiger partial charge in [0.1, 0.15) is 0 Å². The van der Waals surface area contributed by atoms with Gasteiger partial charge in [-0.25, -0.2) is 0 Å². The first-order chi connectivity index (χ1) is 9.24. The van der Waals surface area contributed by atoms with Crippen LogP contribution in [0.15, 0.2) is 18.5 Å². The van der Waals surface area contributed by atoms with E-state index in [0.717, 1.165) is 32.8 Å². The topological polar surface area (TPSA) is 59.4 Å². The Kier molecular flexibility index (Phi) is 5.35. The Labute approximate surface area is 113 Å². The predicted octanol–water partition coefficient (Wildman–Crippen LogP) is 0.110. The summed E-state index contributed by atoms with van der Waals surface area (Å²) in [6, 6.07) is 2.03. The summed E-state index contributed by atoms with van der Waals surface area (Å²) in [5, 5.41) is 7.10. The predicted molar refractivity (Wildman–Crippen MR) is 71.7 cm³/mol. The highest BCUT2D eigenvalue weighted by Crippen LogP contribution is 1.99. The van der Waals surface area contributed by atoms with E-state index in [0.29, 0.717) is 13.0 Å². The summed E-state index contributed by atoms with van der Waals surface area (Å²) < 4.78 is 7.07. The molecule has 1 atom stereocenters. The van der Waals surface area contributed by atoms with E-state index in [1.807, 2.05) is 19.2 Å². The molecule has 19 heavy (non-hydrogen) atoms. The molecular weight excluding hydrogens is 244 g/mol. The number of nitrogens with one attached hydrogen (secondary N) is 1. The van der Waals surface area contributed by atoms with E-state index in [4.69, 9.17) is 4.74 Å². The molecule has 0 spiro atoms. The second kappa shape index (κ2) is 7.25. The van der Waals surface area contributed by atoms with Crippen LogP contribution in [-0.4, -0.2) is 59.5 Å². The van der Waals surface area contributed by atoms with Crippen LogP contribution in [0.25, 0.3) is 0 Å². The lowest BCUT2D eigenvalue weighted by Gasteiger charge is -2.29. The number of morpholine rings is 1. The van der Waals surface area contributed by atoms with Gasteiger partial charge in [0.2, 0.25) is 5.91 Å². The van der Waals surface area contributed by atoms with E-state index in [-0.39, 0.29) is 11.9 Å². The van der Waals surface area contributed by atoms with E-state index in [1.54, 1.807) is 10.9 Å². The second-order valence-electron chi connectivity index (χ2n) is 4.90.